The fourth-order valence-corrected chi connectivity index (χ4v) is 3.74. The molecule has 3 N–H and O–H groups in total. The number of imide groups is 1. The molecule has 8 heteroatoms. The van der Waals surface area contributed by atoms with E-state index in [1.54, 1.807) is 6.92 Å². The van der Waals surface area contributed by atoms with Crippen LogP contribution in [0.5, 0.6) is 0 Å². The summed E-state index contributed by atoms with van der Waals surface area (Å²) in [6.07, 6.45) is 4.71. The average Bonchev–Trinajstić information content (AvgIpc) is 2.90. The summed E-state index contributed by atoms with van der Waals surface area (Å²) in [5.41, 5.74) is -0.760. The van der Waals surface area contributed by atoms with Gasteiger partial charge in [-0.2, -0.15) is 0 Å². The maximum absolute atomic E-state index is 12.4. The quantitative estimate of drug-likeness (QED) is 0.239. The van der Waals surface area contributed by atoms with E-state index in [4.69, 9.17) is 0 Å². The molecule has 1 unspecified atom stereocenters. The highest BCUT2D eigenvalue weighted by molar-refractivity contribution is 6.06. The standard InChI is InChI=1S/C20H38N6O2/c1-5-12-25-14-9-16(10-15-25)23-18(21-7-3)22-11-8-13-26-17(27)20(4,6-2)24-19(26)28/h16H,5-15H2,1-4H3,(H,24,28)(H2,21,22,23). The van der Waals surface area contributed by atoms with Crippen molar-refractivity contribution in [2.24, 2.45) is 4.99 Å². The molecule has 0 aromatic rings. The molecule has 2 aliphatic rings. The monoisotopic (exact) mass is 394 g/mol. The molecule has 0 spiro atoms. The maximum atomic E-state index is 12.4. The molecule has 0 bridgehead atoms. The minimum absolute atomic E-state index is 0.132. The molecule has 160 valence electrons. The van der Waals surface area contributed by atoms with Crippen LogP contribution in [-0.2, 0) is 4.79 Å². The molecule has 8 nitrogen and oxygen atoms in total. The highest BCUT2D eigenvalue weighted by Gasteiger charge is 2.45. The minimum Gasteiger partial charge on any atom is -0.357 e. The van der Waals surface area contributed by atoms with Crippen molar-refractivity contribution in [3.63, 3.8) is 0 Å². The Hall–Kier alpha value is -1.83. The lowest BCUT2D eigenvalue weighted by atomic mass is 9.99. The van der Waals surface area contributed by atoms with E-state index in [2.05, 4.69) is 39.7 Å². The van der Waals surface area contributed by atoms with Gasteiger partial charge in [0.1, 0.15) is 5.54 Å². The van der Waals surface area contributed by atoms with E-state index < -0.39 is 5.54 Å². The van der Waals surface area contributed by atoms with Gasteiger partial charge in [-0.15, -0.1) is 0 Å². The number of piperidine rings is 1. The molecular formula is C20H38N6O2. The number of nitrogens with one attached hydrogen (secondary N) is 3. The summed E-state index contributed by atoms with van der Waals surface area (Å²) < 4.78 is 0. The van der Waals surface area contributed by atoms with E-state index in [1.807, 2.05) is 6.92 Å². The summed E-state index contributed by atoms with van der Waals surface area (Å²) in [6.45, 7) is 13.2. The van der Waals surface area contributed by atoms with Crippen molar-refractivity contribution in [3.05, 3.63) is 0 Å². The number of rotatable bonds is 9. The van der Waals surface area contributed by atoms with Crippen molar-refractivity contribution in [1.29, 1.82) is 0 Å². The summed E-state index contributed by atoms with van der Waals surface area (Å²) in [4.78, 5) is 33.0. The van der Waals surface area contributed by atoms with Crippen molar-refractivity contribution in [2.45, 2.75) is 71.4 Å². The first-order valence-electron chi connectivity index (χ1n) is 10.8. The van der Waals surface area contributed by atoms with Gasteiger partial charge in [-0.25, -0.2) is 4.79 Å². The van der Waals surface area contributed by atoms with Crippen molar-refractivity contribution in [1.82, 2.24) is 25.8 Å². The largest absolute Gasteiger partial charge is 0.357 e. The molecule has 28 heavy (non-hydrogen) atoms. The predicted molar refractivity (Wildman–Crippen MR) is 112 cm³/mol. The second-order valence-corrected chi connectivity index (χ2v) is 7.95. The van der Waals surface area contributed by atoms with Crippen LogP contribution in [0, 0.1) is 0 Å². The zero-order valence-corrected chi connectivity index (χ0v) is 18.0. The molecule has 1 atom stereocenters. The molecule has 2 heterocycles. The number of aliphatic imine (C=N–C) groups is 1. The first-order chi connectivity index (χ1) is 13.4. The highest BCUT2D eigenvalue weighted by Crippen LogP contribution is 2.20. The number of urea groups is 1. The number of guanidine groups is 1. The fraction of sp³-hybridized carbons (Fsp3) is 0.850. The van der Waals surface area contributed by atoms with Crippen LogP contribution in [0.15, 0.2) is 4.99 Å². The Balaban J connectivity index is 1.78. The van der Waals surface area contributed by atoms with Crippen LogP contribution < -0.4 is 16.0 Å². The van der Waals surface area contributed by atoms with Gasteiger partial charge in [-0.05, 0) is 52.5 Å². The van der Waals surface area contributed by atoms with Gasteiger partial charge in [-0.3, -0.25) is 14.7 Å². The Bertz CT molecular complexity index is 559. The number of hydrogen-bond acceptors (Lipinski definition) is 4. The number of carbonyl (C=O) groups excluding carboxylic acids is 2. The Morgan fingerprint density at radius 3 is 2.50 bits per heavy atom. The summed E-state index contributed by atoms with van der Waals surface area (Å²) in [5, 5.41) is 9.63. The normalized spacial score (nSPS) is 24.6. The van der Waals surface area contributed by atoms with Gasteiger partial charge < -0.3 is 20.9 Å². The number of amides is 3. The minimum atomic E-state index is -0.760. The third kappa shape index (κ3) is 5.83. The topological polar surface area (TPSA) is 89.1 Å². The molecule has 2 fully saturated rings. The van der Waals surface area contributed by atoms with E-state index in [-0.39, 0.29) is 11.9 Å². The summed E-state index contributed by atoms with van der Waals surface area (Å²) in [6, 6.07) is 0.157. The van der Waals surface area contributed by atoms with Crippen LogP contribution in [0.25, 0.3) is 0 Å². The molecule has 0 aliphatic carbocycles. The van der Waals surface area contributed by atoms with Crippen molar-refractivity contribution < 1.29 is 9.59 Å². The van der Waals surface area contributed by atoms with Gasteiger partial charge >= 0.3 is 6.03 Å². The SMILES string of the molecule is CCCN1CCC(NC(=NCCCN2C(=O)NC(C)(CC)C2=O)NCC)CC1. The van der Waals surface area contributed by atoms with Crippen molar-refractivity contribution in [2.75, 3.05) is 39.3 Å². The van der Waals surface area contributed by atoms with Crippen LogP contribution in [0.1, 0.15) is 59.8 Å². The molecule has 2 rings (SSSR count). The Labute approximate surface area is 169 Å². The maximum Gasteiger partial charge on any atom is 0.325 e. The van der Waals surface area contributed by atoms with E-state index >= 15 is 0 Å². The number of nitrogens with zero attached hydrogens (tertiary/aromatic N) is 3. The first kappa shape index (κ1) is 22.5. The van der Waals surface area contributed by atoms with Crippen LogP contribution in [-0.4, -0.2) is 78.5 Å². The lowest BCUT2D eigenvalue weighted by Crippen LogP contribution is -2.48. The molecule has 0 aromatic heterocycles. The smallest absolute Gasteiger partial charge is 0.325 e. The van der Waals surface area contributed by atoms with Gasteiger partial charge in [0, 0.05) is 38.8 Å². The number of carbonyl (C=O) groups is 2. The summed E-state index contributed by atoms with van der Waals surface area (Å²) >= 11 is 0. The zero-order valence-electron chi connectivity index (χ0n) is 18.0. The zero-order chi connectivity index (χ0) is 20.6. The van der Waals surface area contributed by atoms with Crippen LogP contribution in [0.2, 0.25) is 0 Å². The van der Waals surface area contributed by atoms with Crippen LogP contribution in [0.3, 0.4) is 0 Å². The second-order valence-electron chi connectivity index (χ2n) is 7.95. The van der Waals surface area contributed by atoms with Gasteiger partial charge in [0.2, 0.25) is 0 Å². The van der Waals surface area contributed by atoms with Crippen molar-refractivity contribution >= 4 is 17.9 Å². The van der Waals surface area contributed by atoms with Gasteiger partial charge in [0.05, 0.1) is 0 Å². The highest BCUT2D eigenvalue weighted by atomic mass is 16.2. The molecular weight excluding hydrogens is 356 g/mol. The summed E-state index contributed by atoms with van der Waals surface area (Å²) in [7, 11) is 0. The van der Waals surface area contributed by atoms with Crippen molar-refractivity contribution in [3.8, 4) is 0 Å². The van der Waals surface area contributed by atoms with E-state index in [1.165, 1.54) is 17.9 Å². The fourth-order valence-electron chi connectivity index (χ4n) is 3.74. The third-order valence-electron chi connectivity index (χ3n) is 5.67. The predicted octanol–water partition coefficient (Wildman–Crippen LogP) is 1.53. The van der Waals surface area contributed by atoms with E-state index in [0.29, 0.717) is 32.0 Å². The Morgan fingerprint density at radius 2 is 1.93 bits per heavy atom. The molecule has 2 aliphatic heterocycles. The molecule has 0 radical (unpaired) electrons. The molecule has 0 saturated carbocycles. The van der Waals surface area contributed by atoms with Crippen LogP contribution in [0.4, 0.5) is 4.79 Å². The molecule has 3 amide bonds. The van der Waals surface area contributed by atoms with Crippen LogP contribution >= 0.6 is 0 Å². The Morgan fingerprint density at radius 1 is 1.21 bits per heavy atom. The Kier molecular flexibility index (Phi) is 8.54. The second kappa shape index (κ2) is 10.6. The lowest BCUT2D eigenvalue weighted by molar-refractivity contribution is -0.130. The van der Waals surface area contributed by atoms with E-state index in [0.717, 1.165) is 38.4 Å². The molecule has 0 aromatic carbocycles. The van der Waals surface area contributed by atoms with E-state index in [9.17, 15) is 9.59 Å². The number of likely N-dealkylation sites (tertiary alicyclic amines) is 1. The first-order valence-corrected chi connectivity index (χ1v) is 10.8. The number of hydrogen-bond donors (Lipinski definition) is 3. The van der Waals surface area contributed by atoms with Gasteiger partial charge in [-0.1, -0.05) is 13.8 Å². The van der Waals surface area contributed by atoms with Gasteiger partial charge in [0.25, 0.3) is 5.91 Å². The van der Waals surface area contributed by atoms with Gasteiger partial charge in [0.15, 0.2) is 5.96 Å². The summed E-state index contributed by atoms with van der Waals surface area (Å²) in [5.74, 6) is 0.694. The molecule has 2 saturated heterocycles. The third-order valence-corrected chi connectivity index (χ3v) is 5.67. The average molecular weight is 395 g/mol. The lowest BCUT2D eigenvalue weighted by Gasteiger charge is -2.32.